The molecule has 0 aromatic heterocycles. The van der Waals surface area contributed by atoms with Crippen molar-refractivity contribution in [3.8, 4) is 5.75 Å². The highest BCUT2D eigenvalue weighted by Gasteiger charge is 2.15. The highest BCUT2D eigenvalue weighted by molar-refractivity contribution is 5.95. The zero-order valence-corrected chi connectivity index (χ0v) is 13.4. The Bertz CT molecular complexity index is 696. The molecule has 0 saturated carbocycles. The van der Waals surface area contributed by atoms with Crippen molar-refractivity contribution in [2.45, 2.75) is 26.9 Å². The van der Waals surface area contributed by atoms with Crippen LogP contribution in [-0.2, 0) is 9.59 Å². The van der Waals surface area contributed by atoms with Gasteiger partial charge in [0.25, 0.3) is 5.91 Å². The summed E-state index contributed by atoms with van der Waals surface area (Å²) >= 11 is 0. The summed E-state index contributed by atoms with van der Waals surface area (Å²) < 4.78 is 5.62. The van der Waals surface area contributed by atoms with Gasteiger partial charge in [-0.15, -0.1) is 0 Å². The Morgan fingerprint density at radius 2 is 1.61 bits per heavy atom. The molecule has 0 aliphatic heterocycles. The van der Waals surface area contributed by atoms with Crippen LogP contribution in [0.1, 0.15) is 19.4 Å². The standard InChI is InChI=1S/C18H20N2O3/c1-12-7-9-17(10-8-12)23-13(2)18(22)20-16-6-4-5-15(11-16)19-14(3)21/h4-11,13H,1-3H3,(H,19,21)(H,20,22). The first-order valence-electron chi connectivity index (χ1n) is 7.36. The monoisotopic (exact) mass is 312 g/mol. The van der Waals surface area contributed by atoms with E-state index in [0.717, 1.165) is 5.56 Å². The van der Waals surface area contributed by atoms with Gasteiger partial charge in [-0.25, -0.2) is 0 Å². The molecule has 5 nitrogen and oxygen atoms in total. The number of amides is 2. The van der Waals surface area contributed by atoms with Gasteiger partial charge in [-0.05, 0) is 44.2 Å². The normalized spacial score (nSPS) is 11.4. The number of ether oxygens (including phenoxy) is 1. The van der Waals surface area contributed by atoms with Crippen LogP contribution in [0.15, 0.2) is 48.5 Å². The Balaban J connectivity index is 1.97. The minimum absolute atomic E-state index is 0.162. The maximum absolute atomic E-state index is 12.2. The number of rotatable bonds is 5. The van der Waals surface area contributed by atoms with Crippen LogP contribution < -0.4 is 15.4 Å². The third-order valence-corrected chi connectivity index (χ3v) is 3.15. The predicted molar refractivity (Wildman–Crippen MR) is 90.6 cm³/mol. The Labute approximate surface area is 135 Å². The van der Waals surface area contributed by atoms with Crippen LogP contribution in [0.3, 0.4) is 0 Å². The number of hydrogen-bond acceptors (Lipinski definition) is 3. The van der Waals surface area contributed by atoms with Crippen LogP contribution in [0, 0.1) is 6.92 Å². The first kappa shape index (κ1) is 16.5. The fourth-order valence-corrected chi connectivity index (χ4v) is 2.00. The summed E-state index contributed by atoms with van der Waals surface area (Å²) in [7, 11) is 0. The molecule has 0 radical (unpaired) electrons. The molecule has 2 N–H and O–H groups in total. The lowest BCUT2D eigenvalue weighted by Crippen LogP contribution is -2.30. The van der Waals surface area contributed by atoms with E-state index in [4.69, 9.17) is 4.74 Å². The molecule has 5 heteroatoms. The van der Waals surface area contributed by atoms with Gasteiger partial charge in [0.05, 0.1) is 0 Å². The largest absolute Gasteiger partial charge is 0.481 e. The molecule has 2 aromatic rings. The second-order valence-electron chi connectivity index (χ2n) is 5.32. The minimum Gasteiger partial charge on any atom is -0.481 e. The van der Waals surface area contributed by atoms with Gasteiger partial charge in [0, 0.05) is 18.3 Å². The molecular weight excluding hydrogens is 292 g/mol. The second-order valence-corrected chi connectivity index (χ2v) is 5.32. The minimum atomic E-state index is -0.637. The average Bonchev–Trinajstić information content (AvgIpc) is 2.49. The van der Waals surface area contributed by atoms with E-state index >= 15 is 0 Å². The summed E-state index contributed by atoms with van der Waals surface area (Å²) in [6, 6.07) is 14.5. The molecule has 120 valence electrons. The zero-order chi connectivity index (χ0) is 16.8. The molecule has 0 fully saturated rings. The number of hydrogen-bond donors (Lipinski definition) is 2. The maximum Gasteiger partial charge on any atom is 0.265 e. The van der Waals surface area contributed by atoms with Gasteiger partial charge in [0.2, 0.25) is 5.91 Å². The van der Waals surface area contributed by atoms with Crippen LogP contribution >= 0.6 is 0 Å². The first-order chi connectivity index (χ1) is 10.9. The Kier molecular flexibility index (Phi) is 5.36. The molecular formula is C18H20N2O3. The number of aryl methyl sites for hydroxylation is 1. The molecule has 23 heavy (non-hydrogen) atoms. The third-order valence-electron chi connectivity index (χ3n) is 3.15. The molecule has 0 bridgehead atoms. The molecule has 1 unspecified atom stereocenters. The van der Waals surface area contributed by atoms with E-state index in [1.165, 1.54) is 6.92 Å². The summed E-state index contributed by atoms with van der Waals surface area (Å²) in [5.41, 5.74) is 2.35. The molecule has 0 heterocycles. The molecule has 1 atom stereocenters. The SMILES string of the molecule is CC(=O)Nc1cccc(NC(=O)C(C)Oc2ccc(C)cc2)c1. The number of nitrogens with one attached hydrogen (secondary N) is 2. The van der Waals surface area contributed by atoms with Gasteiger partial charge in [-0.2, -0.15) is 0 Å². The van der Waals surface area contributed by atoms with E-state index in [2.05, 4.69) is 10.6 Å². The summed E-state index contributed by atoms with van der Waals surface area (Å²) in [6.07, 6.45) is -0.637. The molecule has 0 aliphatic rings. The highest BCUT2D eigenvalue weighted by Crippen LogP contribution is 2.17. The van der Waals surface area contributed by atoms with E-state index in [1.807, 2.05) is 31.2 Å². The van der Waals surface area contributed by atoms with E-state index in [-0.39, 0.29) is 11.8 Å². The summed E-state index contributed by atoms with van der Waals surface area (Å²) in [5.74, 6) is 0.223. The summed E-state index contributed by atoms with van der Waals surface area (Å²) in [4.78, 5) is 23.3. The second kappa shape index (κ2) is 7.45. The topological polar surface area (TPSA) is 67.4 Å². The molecule has 0 spiro atoms. The van der Waals surface area contributed by atoms with Crippen LogP contribution in [0.5, 0.6) is 5.75 Å². The zero-order valence-electron chi connectivity index (χ0n) is 13.4. The van der Waals surface area contributed by atoms with Crippen LogP contribution in [0.2, 0.25) is 0 Å². The lowest BCUT2D eigenvalue weighted by Gasteiger charge is -2.15. The van der Waals surface area contributed by atoms with Gasteiger partial charge in [0.1, 0.15) is 5.75 Å². The van der Waals surface area contributed by atoms with E-state index < -0.39 is 6.10 Å². The average molecular weight is 312 g/mol. The van der Waals surface area contributed by atoms with Crippen molar-refractivity contribution in [2.24, 2.45) is 0 Å². The third kappa shape index (κ3) is 5.14. The van der Waals surface area contributed by atoms with Crippen LogP contribution in [-0.4, -0.2) is 17.9 Å². The van der Waals surface area contributed by atoms with Gasteiger partial charge < -0.3 is 15.4 Å². The van der Waals surface area contributed by atoms with Crippen molar-refractivity contribution in [1.82, 2.24) is 0 Å². The smallest absolute Gasteiger partial charge is 0.265 e. The Hall–Kier alpha value is -2.82. The quantitative estimate of drug-likeness (QED) is 0.889. The number of carbonyl (C=O) groups is 2. The van der Waals surface area contributed by atoms with Gasteiger partial charge in [0.15, 0.2) is 6.10 Å². The van der Waals surface area contributed by atoms with Crippen LogP contribution in [0.4, 0.5) is 11.4 Å². The molecule has 2 rings (SSSR count). The number of benzene rings is 2. The lowest BCUT2D eigenvalue weighted by molar-refractivity contribution is -0.122. The first-order valence-corrected chi connectivity index (χ1v) is 7.36. The van der Waals surface area contributed by atoms with Crippen molar-refractivity contribution in [3.05, 3.63) is 54.1 Å². The molecule has 0 saturated heterocycles. The molecule has 2 aromatic carbocycles. The number of carbonyl (C=O) groups excluding carboxylic acids is 2. The lowest BCUT2D eigenvalue weighted by atomic mass is 10.2. The van der Waals surface area contributed by atoms with Crippen molar-refractivity contribution >= 4 is 23.2 Å². The molecule has 2 amide bonds. The molecule has 0 aliphatic carbocycles. The number of anilines is 2. The van der Waals surface area contributed by atoms with Crippen LogP contribution in [0.25, 0.3) is 0 Å². The van der Waals surface area contributed by atoms with Gasteiger partial charge in [-0.1, -0.05) is 23.8 Å². The van der Waals surface area contributed by atoms with Crippen molar-refractivity contribution < 1.29 is 14.3 Å². The maximum atomic E-state index is 12.2. The van der Waals surface area contributed by atoms with E-state index in [0.29, 0.717) is 17.1 Å². The fourth-order valence-electron chi connectivity index (χ4n) is 2.00. The summed E-state index contributed by atoms with van der Waals surface area (Å²) in [5, 5.41) is 5.44. The van der Waals surface area contributed by atoms with Crippen molar-refractivity contribution in [1.29, 1.82) is 0 Å². The van der Waals surface area contributed by atoms with E-state index in [1.54, 1.807) is 31.2 Å². The Morgan fingerprint density at radius 3 is 2.22 bits per heavy atom. The van der Waals surface area contributed by atoms with Crippen molar-refractivity contribution in [3.63, 3.8) is 0 Å². The summed E-state index contributed by atoms with van der Waals surface area (Å²) in [6.45, 7) is 5.11. The highest BCUT2D eigenvalue weighted by atomic mass is 16.5. The predicted octanol–water partition coefficient (Wildman–Crippen LogP) is 3.36. The Morgan fingerprint density at radius 1 is 1.00 bits per heavy atom. The van der Waals surface area contributed by atoms with Crippen molar-refractivity contribution in [2.75, 3.05) is 10.6 Å². The van der Waals surface area contributed by atoms with Gasteiger partial charge in [-0.3, -0.25) is 9.59 Å². The fraction of sp³-hybridized carbons (Fsp3) is 0.222. The van der Waals surface area contributed by atoms with Gasteiger partial charge >= 0.3 is 0 Å². The van der Waals surface area contributed by atoms with E-state index in [9.17, 15) is 9.59 Å².